The smallest absolute Gasteiger partial charge is 0.172 e. The third-order valence-corrected chi connectivity index (χ3v) is 1.81. The van der Waals surface area contributed by atoms with Crippen molar-refractivity contribution in [2.24, 2.45) is 7.05 Å². The minimum Gasteiger partial charge on any atom is -0.208 e. The standard InChI is InChI=1S/C10H16N/c1-10(2,3)9-6-5-7-11(4)8-9/h5-8H,1-4H3/q+1. The molecule has 60 valence electrons. The van der Waals surface area contributed by atoms with Crippen LogP contribution in [0, 0.1) is 0 Å². The summed E-state index contributed by atoms with van der Waals surface area (Å²) in [6, 6.07) is 4.25. The third-order valence-electron chi connectivity index (χ3n) is 1.81. The van der Waals surface area contributed by atoms with Gasteiger partial charge in [-0.15, -0.1) is 0 Å². The van der Waals surface area contributed by atoms with Gasteiger partial charge in [0.2, 0.25) is 0 Å². The summed E-state index contributed by atoms with van der Waals surface area (Å²) >= 11 is 0. The Bertz CT molecular complexity index is 245. The molecule has 0 radical (unpaired) electrons. The fraction of sp³-hybridized carbons (Fsp3) is 0.500. The molecule has 0 aliphatic carbocycles. The van der Waals surface area contributed by atoms with E-state index in [1.807, 2.05) is 0 Å². The van der Waals surface area contributed by atoms with Gasteiger partial charge in [-0.25, -0.2) is 4.57 Å². The minimum absolute atomic E-state index is 0.263. The fourth-order valence-corrected chi connectivity index (χ4v) is 1.03. The summed E-state index contributed by atoms with van der Waals surface area (Å²) in [7, 11) is 2.05. The van der Waals surface area contributed by atoms with Crippen molar-refractivity contribution in [2.75, 3.05) is 0 Å². The van der Waals surface area contributed by atoms with Gasteiger partial charge in [-0.3, -0.25) is 0 Å². The SMILES string of the molecule is C[n+]1cccc(C(C)(C)C)c1. The number of aromatic nitrogens is 1. The molecule has 0 atom stereocenters. The molecular weight excluding hydrogens is 134 g/mol. The maximum absolute atomic E-state index is 2.22. The van der Waals surface area contributed by atoms with E-state index in [9.17, 15) is 0 Å². The summed E-state index contributed by atoms with van der Waals surface area (Å²) in [6.07, 6.45) is 4.22. The summed E-state index contributed by atoms with van der Waals surface area (Å²) in [5.41, 5.74) is 1.64. The van der Waals surface area contributed by atoms with E-state index in [0.717, 1.165) is 0 Å². The zero-order valence-electron chi connectivity index (χ0n) is 7.76. The highest BCUT2D eigenvalue weighted by Crippen LogP contribution is 2.19. The van der Waals surface area contributed by atoms with Crippen molar-refractivity contribution in [1.29, 1.82) is 0 Å². The lowest BCUT2D eigenvalue weighted by Gasteiger charge is -2.16. The Morgan fingerprint density at radius 3 is 2.27 bits per heavy atom. The van der Waals surface area contributed by atoms with Gasteiger partial charge >= 0.3 is 0 Å². The first-order valence-electron chi connectivity index (χ1n) is 3.96. The number of nitrogens with zero attached hydrogens (tertiary/aromatic N) is 1. The Hall–Kier alpha value is -0.850. The van der Waals surface area contributed by atoms with Crippen LogP contribution in [0.15, 0.2) is 24.5 Å². The molecule has 1 aromatic heterocycles. The number of pyridine rings is 1. The van der Waals surface area contributed by atoms with Crippen LogP contribution >= 0.6 is 0 Å². The van der Waals surface area contributed by atoms with E-state index in [2.05, 4.69) is 56.9 Å². The molecule has 0 amide bonds. The van der Waals surface area contributed by atoms with Crippen molar-refractivity contribution < 1.29 is 4.57 Å². The summed E-state index contributed by atoms with van der Waals surface area (Å²) in [4.78, 5) is 0. The van der Waals surface area contributed by atoms with Crippen molar-refractivity contribution in [3.63, 3.8) is 0 Å². The normalized spacial score (nSPS) is 11.6. The summed E-state index contributed by atoms with van der Waals surface area (Å²) < 4.78 is 2.08. The Balaban J connectivity index is 3.06. The molecule has 0 spiro atoms. The molecular formula is C10H16N+. The largest absolute Gasteiger partial charge is 0.208 e. The van der Waals surface area contributed by atoms with Crippen molar-refractivity contribution in [3.05, 3.63) is 30.1 Å². The van der Waals surface area contributed by atoms with Crippen LogP contribution in [0.4, 0.5) is 0 Å². The van der Waals surface area contributed by atoms with Crippen LogP contribution in [0.3, 0.4) is 0 Å². The van der Waals surface area contributed by atoms with E-state index in [-0.39, 0.29) is 5.41 Å². The molecule has 0 fully saturated rings. The molecule has 0 saturated heterocycles. The maximum Gasteiger partial charge on any atom is 0.172 e. The first-order valence-corrected chi connectivity index (χ1v) is 3.96. The molecule has 0 saturated carbocycles. The maximum atomic E-state index is 2.22. The Morgan fingerprint density at radius 1 is 1.27 bits per heavy atom. The van der Waals surface area contributed by atoms with Gasteiger partial charge in [-0.05, 0) is 11.5 Å². The molecule has 1 rings (SSSR count). The number of rotatable bonds is 0. The first kappa shape index (κ1) is 8.25. The lowest BCUT2D eigenvalue weighted by atomic mass is 9.88. The quantitative estimate of drug-likeness (QED) is 0.497. The number of hydrogen-bond acceptors (Lipinski definition) is 0. The highest BCUT2D eigenvalue weighted by atomic mass is 14.9. The average molecular weight is 150 g/mol. The van der Waals surface area contributed by atoms with E-state index in [0.29, 0.717) is 0 Å². The van der Waals surface area contributed by atoms with E-state index >= 15 is 0 Å². The van der Waals surface area contributed by atoms with Gasteiger partial charge in [0.05, 0.1) is 0 Å². The van der Waals surface area contributed by atoms with E-state index in [1.54, 1.807) is 0 Å². The lowest BCUT2D eigenvalue weighted by Crippen LogP contribution is -2.29. The van der Waals surface area contributed by atoms with Crippen LogP contribution < -0.4 is 4.57 Å². The van der Waals surface area contributed by atoms with Crippen molar-refractivity contribution in [1.82, 2.24) is 0 Å². The second-order valence-corrected chi connectivity index (χ2v) is 4.01. The topological polar surface area (TPSA) is 3.88 Å². The number of hydrogen-bond donors (Lipinski definition) is 0. The Morgan fingerprint density at radius 2 is 1.91 bits per heavy atom. The molecule has 0 unspecified atom stereocenters. The van der Waals surface area contributed by atoms with Gasteiger partial charge in [0.15, 0.2) is 12.4 Å². The Kier molecular flexibility index (Phi) is 1.99. The van der Waals surface area contributed by atoms with Gasteiger partial charge in [0.1, 0.15) is 7.05 Å². The van der Waals surface area contributed by atoms with Gasteiger partial charge < -0.3 is 0 Å². The summed E-state index contributed by atoms with van der Waals surface area (Å²) in [5, 5.41) is 0. The monoisotopic (exact) mass is 150 g/mol. The van der Waals surface area contributed by atoms with Crippen LogP contribution in [-0.2, 0) is 12.5 Å². The molecule has 0 aliphatic heterocycles. The van der Waals surface area contributed by atoms with Crippen molar-refractivity contribution >= 4 is 0 Å². The van der Waals surface area contributed by atoms with Crippen LogP contribution in [0.2, 0.25) is 0 Å². The van der Waals surface area contributed by atoms with Gasteiger partial charge in [0.25, 0.3) is 0 Å². The van der Waals surface area contributed by atoms with Crippen LogP contribution in [0.5, 0.6) is 0 Å². The minimum atomic E-state index is 0.263. The number of aryl methyl sites for hydroxylation is 1. The van der Waals surface area contributed by atoms with Crippen molar-refractivity contribution in [2.45, 2.75) is 26.2 Å². The molecule has 11 heavy (non-hydrogen) atoms. The molecule has 0 aliphatic rings. The predicted molar refractivity (Wildman–Crippen MR) is 46.3 cm³/mol. The van der Waals surface area contributed by atoms with E-state index in [4.69, 9.17) is 0 Å². The van der Waals surface area contributed by atoms with E-state index in [1.165, 1.54) is 5.56 Å². The van der Waals surface area contributed by atoms with Crippen LogP contribution in [0.25, 0.3) is 0 Å². The Labute approximate surface area is 68.7 Å². The van der Waals surface area contributed by atoms with Crippen LogP contribution in [-0.4, -0.2) is 0 Å². The molecule has 0 bridgehead atoms. The summed E-state index contributed by atoms with van der Waals surface area (Å²) in [5.74, 6) is 0. The third kappa shape index (κ3) is 2.04. The predicted octanol–water partition coefficient (Wildman–Crippen LogP) is 1.81. The molecule has 0 N–H and O–H groups in total. The zero-order chi connectivity index (χ0) is 8.48. The van der Waals surface area contributed by atoms with Crippen LogP contribution in [0.1, 0.15) is 26.3 Å². The zero-order valence-corrected chi connectivity index (χ0v) is 7.76. The van der Waals surface area contributed by atoms with Gasteiger partial charge in [0, 0.05) is 11.6 Å². The highest BCUT2D eigenvalue weighted by Gasteiger charge is 2.15. The summed E-state index contributed by atoms with van der Waals surface area (Å²) in [6.45, 7) is 6.67. The van der Waals surface area contributed by atoms with Gasteiger partial charge in [-0.1, -0.05) is 20.8 Å². The highest BCUT2D eigenvalue weighted by molar-refractivity contribution is 5.15. The first-order chi connectivity index (χ1) is 5.00. The molecule has 1 heteroatoms. The van der Waals surface area contributed by atoms with E-state index < -0.39 is 0 Å². The second kappa shape index (κ2) is 2.65. The fourth-order valence-electron chi connectivity index (χ4n) is 1.03. The second-order valence-electron chi connectivity index (χ2n) is 4.01. The van der Waals surface area contributed by atoms with Crippen molar-refractivity contribution in [3.8, 4) is 0 Å². The molecule has 1 nitrogen and oxygen atoms in total. The molecule has 0 aromatic carbocycles. The molecule has 1 aromatic rings. The average Bonchev–Trinajstić information content (AvgIpc) is 1.86. The molecule has 1 heterocycles. The van der Waals surface area contributed by atoms with Gasteiger partial charge in [-0.2, -0.15) is 0 Å². The lowest BCUT2D eigenvalue weighted by molar-refractivity contribution is -0.672.